The van der Waals surface area contributed by atoms with Crippen LogP contribution >= 0.6 is 0 Å². The lowest BCUT2D eigenvalue weighted by Gasteiger charge is -2.48. The molecule has 1 N–H and O–H groups in total. The van der Waals surface area contributed by atoms with Crippen molar-refractivity contribution in [3.63, 3.8) is 0 Å². The summed E-state index contributed by atoms with van der Waals surface area (Å²) in [7, 11) is 0. The number of amides is 1. The number of esters is 1. The van der Waals surface area contributed by atoms with Crippen LogP contribution in [0.15, 0.2) is 54.6 Å². The molecular weight excluding hydrogens is 361 g/mol. The first-order valence-electron chi connectivity index (χ1n) is 9.42. The summed E-state index contributed by atoms with van der Waals surface area (Å²) in [4.78, 5) is 25.5. The minimum Gasteiger partial charge on any atom is -0.465 e. The Kier molecular flexibility index (Phi) is 5.11. The van der Waals surface area contributed by atoms with Crippen molar-refractivity contribution in [2.24, 2.45) is 0 Å². The van der Waals surface area contributed by atoms with Crippen LogP contribution in [0.4, 0.5) is 4.39 Å². The van der Waals surface area contributed by atoms with Gasteiger partial charge in [-0.15, -0.1) is 0 Å². The molecule has 2 aliphatic rings. The summed E-state index contributed by atoms with van der Waals surface area (Å²) in [6, 6.07) is 14.5. The Bertz CT molecular complexity index is 859. The zero-order chi connectivity index (χ0) is 19.7. The fraction of sp³-hybridized carbons (Fsp3) is 0.333. The van der Waals surface area contributed by atoms with Crippen molar-refractivity contribution in [1.29, 1.82) is 0 Å². The first-order valence-corrected chi connectivity index (χ1v) is 9.42. The largest absolute Gasteiger partial charge is 0.465 e. The van der Waals surface area contributed by atoms with Gasteiger partial charge in [0.2, 0.25) is 5.91 Å². The monoisotopic (exact) mass is 383 g/mol. The predicted octanol–water partition coefficient (Wildman–Crippen LogP) is 2.55. The van der Waals surface area contributed by atoms with Gasteiger partial charge < -0.3 is 4.74 Å². The molecule has 2 aromatic rings. The van der Waals surface area contributed by atoms with Crippen molar-refractivity contribution in [3.8, 4) is 0 Å². The highest BCUT2D eigenvalue weighted by atomic mass is 19.1. The lowest BCUT2D eigenvalue weighted by atomic mass is 9.96. The van der Waals surface area contributed by atoms with Gasteiger partial charge in [0.1, 0.15) is 18.0 Å². The number of hydrogen-bond acceptors (Lipinski definition) is 5. The number of rotatable bonds is 4. The van der Waals surface area contributed by atoms with E-state index in [0.29, 0.717) is 18.5 Å². The van der Waals surface area contributed by atoms with E-state index in [1.165, 1.54) is 12.1 Å². The van der Waals surface area contributed by atoms with Crippen molar-refractivity contribution >= 4 is 11.9 Å². The molecule has 0 aromatic heterocycles. The number of ether oxygens (including phenoxy) is 1. The second-order valence-electron chi connectivity index (χ2n) is 6.86. The second kappa shape index (κ2) is 7.69. The SMILES string of the molecule is CCOC(=O)C1NC(c2ccc(F)cc2)N2C(=O)CCN2C1c1ccccc1. The van der Waals surface area contributed by atoms with Crippen molar-refractivity contribution in [2.45, 2.75) is 31.6 Å². The van der Waals surface area contributed by atoms with Crippen LogP contribution < -0.4 is 5.32 Å². The maximum absolute atomic E-state index is 13.4. The minimum absolute atomic E-state index is 0.0370. The average Bonchev–Trinajstić information content (AvgIpc) is 3.10. The first kappa shape index (κ1) is 18.6. The van der Waals surface area contributed by atoms with Gasteiger partial charge in [-0.2, -0.15) is 0 Å². The number of fused-ring (bicyclic) bond motifs is 1. The number of hydrogen-bond donors (Lipinski definition) is 1. The molecule has 28 heavy (non-hydrogen) atoms. The first-order chi connectivity index (χ1) is 13.6. The summed E-state index contributed by atoms with van der Waals surface area (Å²) in [6.45, 7) is 2.54. The fourth-order valence-electron chi connectivity index (χ4n) is 3.97. The van der Waals surface area contributed by atoms with Gasteiger partial charge in [0.05, 0.1) is 12.6 Å². The standard InChI is InChI=1S/C21H22FN3O3/c1-2-28-21(27)18-19(14-6-4-3-5-7-14)24-13-12-17(26)25(24)20(23-18)15-8-10-16(22)11-9-15/h3-11,18-20,23H,2,12-13H2,1H3. The molecule has 1 amide bonds. The molecule has 2 aliphatic heterocycles. The van der Waals surface area contributed by atoms with Gasteiger partial charge in [0, 0.05) is 13.0 Å². The number of nitrogens with one attached hydrogen (secondary N) is 1. The maximum Gasteiger partial charge on any atom is 0.325 e. The number of carbonyl (C=O) groups excluding carboxylic acids is 2. The summed E-state index contributed by atoms with van der Waals surface area (Å²) in [5.74, 6) is -0.763. The van der Waals surface area contributed by atoms with E-state index in [9.17, 15) is 14.0 Å². The Morgan fingerprint density at radius 1 is 1.14 bits per heavy atom. The Balaban J connectivity index is 1.77. The average molecular weight is 383 g/mol. The normalized spacial score (nSPS) is 24.9. The van der Waals surface area contributed by atoms with Gasteiger partial charge in [-0.25, -0.2) is 9.40 Å². The molecule has 4 rings (SSSR count). The highest BCUT2D eigenvalue weighted by Crippen LogP contribution is 2.39. The van der Waals surface area contributed by atoms with Gasteiger partial charge in [0.15, 0.2) is 0 Å². The number of benzene rings is 2. The summed E-state index contributed by atoms with van der Waals surface area (Å²) < 4.78 is 18.7. The molecule has 0 bridgehead atoms. The lowest BCUT2D eigenvalue weighted by molar-refractivity contribution is -0.174. The second-order valence-corrected chi connectivity index (χ2v) is 6.86. The van der Waals surface area contributed by atoms with Gasteiger partial charge in [-0.1, -0.05) is 42.5 Å². The molecule has 0 saturated carbocycles. The third-order valence-electron chi connectivity index (χ3n) is 5.17. The van der Waals surface area contributed by atoms with E-state index in [1.807, 2.05) is 35.3 Å². The number of halogens is 1. The van der Waals surface area contributed by atoms with E-state index in [4.69, 9.17) is 4.74 Å². The fourth-order valence-corrected chi connectivity index (χ4v) is 3.97. The summed E-state index contributed by atoms with van der Waals surface area (Å²) in [6.07, 6.45) is -0.205. The molecule has 0 aliphatic carbocycles. The maximum atomic E-state index is 13.4. The molecule has 0 radical (unpaired) electrons. The molecule has 146 valence electrons. The molecule has 2 saturated heterocycles. The van der Waals surface area contributed by atoms with Crippen LogP contribution in [0.1, 0.15) is 36.7 Å². The van der Waals surface area contributed by atoms with Crippen LogP contribution in [0, 0.1) is 5.82 Å². The smallest absolute Gasteiger partial charge is 0.325 e. The zero-order valence-corrected chi connectivity index (χ0v) is 15.5. The van der Waals surface area contributed by atoms with Crippen LogP contribution in [0.2, 0.25) is 0 Å². The van der Waals surface area contributed by atoms with E-state index < -0.39 is 12.2 Å². The lowest BCUT2D eigenvalue weighted by Crippen LogP contribution is -2.63. The third kappa shape index (κ3) is 3.27. The Labute approximate surface area is 162 Å². The van der Waals surface area contributed by atoms with Gasteiger partial charge in [-0.3, -0.25) is 19.9 Å². The van der Waals surface area contributed by atoms with E-state index >= 15 is 0 Å². The topological polar surface area (TPSA) is 61.9 Å². The number of nitrogens with zero attached hydrogens (tertiary/aromatic N) is 2. The van der Waals surface area contributed by atoms with Crippen LogP contribution in [0.25, 0.3) is 0 Å². The zero-order valence-electron chi connectivity index (χ0n) is 15.5. The summed E-state index contributed by atoms with van der Waals surface area (Å²) in [5, 5.41) is 6.88. The van der Waals surface area contributed by atoms with Gasteiger partial charge in [-0.05, 0) is 30.2 Å². The Hall–Kier alpha value is -2.77. The third-order valence-corrected chi connectivity index (χ3v) is 5.17. The van der Waals surface area contributed by atoms with Crippen LogP contribution in [0.5, 0.6) is 0 Å². The van der Waals surface area contributed by atoms with Crippen molar-refractivity contribution in [1.82, 2.24) is 15.3 Å². The number of hydrazine groups is 1. The molecule has 7 heteroatoms. The quantitative estimate of drug-likeness (QED) is 0.823. The van der Waals surface area contributed by atoms with E-state index in [2.05, 4.69) is 5.32 Å². The van der Waals surface area contributed by atoms with Gasteiger partial charge in [0.25, 0.3) is 0 Å². The molecule has 6 nitrogen and oxygen atoms in total. The van der Waals surface area contributed by atoms with Crippen molar-refractivity contribution < 1.29 is 18.7 Å². The van der Waals surface area contributed by atoms with Crippen LogP contribution in [-0.2, 0) is 14.3 Å². The molecule has 2 heterocycles. The highest BCUT2D eigenvalue weighted by molar-refractivity contribution is 5.81. The van der Waals surface area contributed by atoms with E-state index in [-0.39, 0.29) is 30.3 Å². The van der Waals surface area contributed by atoms with Crippen LogP contribution in [-0.4, -0.2) is 41.1 Å². The summed E-state index contributed by atoms with van der Waals surface area (Å²) in [5.41, 5.74) is 1.63. The molecule has 3 atom stereocenters. The number of carbonyl (C=O) groups is 2. The molecule has 2 fully saturated rings. The van der Waals surface area contributed by atoms with Crippen molar-refractivity contribution in [2.75, 3.05) is 13.2 Å². The van der Waals surface area contributed by atoms with Crippen LogP contribution in [0.3, 0.4) is 0 Å². The van der Waals surface area contributed by atoms with E-state index in [0.717, 1.165) is 5.56 Å². The Morgan fingerprint density at radius 3 is 2.54 bits per heavy atom. The Morgan fingerprint density at radius 2 is 1.86 bits per heavy atom. The molecular formula is C21H22FN3O3. The van der Waals surface area contributed by atoms with Crippen molar-refractivity contribution in [3.05, 3.63) is 71.5 Å². The minimum atomic E-state index is -0.667. The van der Waals surface area contributed by atoms with Gasteiger partial charge >= 0.3 is 5.97 Å². The highest BCUT2D eigenvalue weighted by Gasteiger charge is 2.50. The predicted molar refractivity (Wildman–Crippen MR) is 100 cm³/mol. The van der Waals surface area contributed by atoms with E-state index in [1.54, 1.807) is 24.1 Å². The molecule has 0 spiro atoms. The summed E-state index contributed by atoms with van der Waals surface area (Å²) >= 11 is 0. The molecule has 3 unspecified atom stereocenters. The molecule has 2 aromatic carbocycles.